The molecule has 10 nitrogen and oxygen atoms in total. The molecule has 0 aliphatic carbocycles. The first-order chi connectivity index (χ1) is 17.3. The lowest BCUT2D eigenvalue weighted by Crippen LogP contribution is -2.54. The van der Waals surface area contributed by atoms with Crippen LogP contribution < -0.4 is 19.7 Å². The highest BCUT2D eigenvalue weighted by atomic mass is 35.5. The third-order valence-corrected chi connectivity index (χ3v) is 5.28. The molecule has 0 unspecified atom stereocenters. The summed E-state index contributed by atoms with van der Waals surface area (Å²) in [6.07, 6.45) is 1.37. The topological polar surface area (TPSA) is 128 Å². The fraction of sp³-hybridized carbons (Fsp3) is 0.0800. The molecule has 0 saturated carbocycles. The van der Waals surface area contributed by atoms with Crippen LogP contribution in [0, 0.1) is 10.1 Å². The Morgan fingerprint density at radius 3 is 2.25 bits per heavy atom. The number of ether oxygens (including phenoxy) is 2. The number of hydrogen-bond acceptors (Lipinski definition) is 7. The van der Waals surface area contributed by atoms with Crippen molar-refractivity contribution >= 4 is 46.9 Å². The Labute approximate surface area is 209 Å². The van der Waals surface area contributed by atoms with Crippen molar-refractivity contribution in [2.24, 2.45) is 0 Å². The van der Waals surface area contributed by atoms with Gasteiger partial charge in [0.25, 0.3) is 17.5 Å². The van der Waals surface area contributed by atoms with Gasteiger partial charge >= 0.3 is 6.03 Å². The zero-order valence-electron chi connectivity index (χ0n) is 18.5. The van der Waals surface area contributed by atoms with Crippen LogP contribution in [0.2, 0.25) is 5.02 Å². The van der Waals surface area contributed by atoms with Gasteiger partial charge < -0.3 is 9.47 Å². The Morgan fingerprint density at radius 1 is 0.917 bits per heavy atom. The number of non-ortho nitro benzene ring substituents is 1. The number of carbonyl (C=O) groups excluding carboxylic acids is 3. The van der Waals surface area contributed by atoms with Gasteiger partial charge in [-0.2, -0.15) is 0 Å². The van der Waals surface area contributed by atoms with E-state index in [2.05, 4.69) is 5.32 Å². The number of imide groups is 2. The average Bonchev–Trinajstić information content (AvgIpc) is 2.86. The number of nitro groups is 1. The van der Waals surface area contributed by atoms with Gasteiger partial charge in [-0.05, 0) is 60.2 Å². The number of anilines is 1. The van der Waals surface area contributed by atoms with E-state index in [1.165, 1.54) is 54.6 Å². The second-order valence-corrected chi connectivity index (χ2v) is 7.89. The first kappa shape index (κ1) is 24.4. The SMILES string of the molecule is O=C1NC(=O)N(c2ccc(Cl)cc2)C(=O)C1=Cc1cccc(OCCOc2ccc([N+](=O)[O-])cc2)c1. The summed E-state index contributed by atoms with van der Waals surface area (Å²) in [7, 11) is 0. The molecule has 4 rings (SSSR count). The van der Waals surface area contributed by atoms with Gasteiger partial charge in [-0.15, -0.1) is 0 Å². The Bertz CT molecular complexity index is 1350. The van der Waals surface area contributed by atoms with E-state index in [0.717, 1.165) is 4.90 Å². The summed E-state index contributed by atoms with van der Waals surface area (Å²) in [6.45, 7) is 0.359. The number of rotatable bonds is 8. The van der Waals surface area contributed by atoms with Crippen molar-refractivity contribution in [2.45, 2.75) is 0 Å². The van der Waals surface area contributed by atoms with Crippen molar-refractivity contribution in [3.63, 3.8) is 0 Å². The molecule has 1 N–H and O–H groups in total. The number of nitro benzene ring substituents is 1. The van der Waals surface area contributed by atoms with E-state index in [1.54, 1.807) is 24.3 Å². The lowest BCUT2D eigenvalue weighted by atomic mass is 10.1. The van der Waals surface area contributed by atoms with Crippen LogP contribution >= 0.6 is 11.6 Å². The first-order valence-corrected chi connectivity index (χ1v) is 11.0. The molecule has 0 atom stereocenters. The summed E-state index contributed by atoms with van der Waals surface area (Å²) in [4.78, 5) is 48.7. The number of halogens is 1. The van der Waals surface area contributed by atoms with Gasteiger partial charge in [0.15, 0.2) is 0 Å². The van der Waals surface area contributed by atoms with E-state index < -0.39 is 22.8 Å². The highest BCUT2D eigenvalue weighted by molar-refractivity contribution is 6.39. The second-order valence-electron chi connectivity index (χ2n) is 7.45. The van der Waals surface area contributed by atoms with Gasteiger partial charge in [0, 0.05) is 17.2 Å². The summed E-state index contributed by atoms with van der Waals surface area (Å²) in [5.74, 6) is -0.651. The fourth-order valence-electron chi connectivity index (χ4n) is 3.33. The van der Waals surface area contributed by atoms with E-state index in [1.807, 2.05) is 0 Å². The molecule has 1 fully saturated rings. The lowest BCUT2D eigenvalue weighted by molar-refractivity contribution is -0.384. The van der Waals surface area contributed by atoms with E-state index in [0.29, 0.717) is 22.1 Å². The van der Waals surface area contributed by atoms with Crippen molar-refractivity contribution in [3.05, 3.63) is 99.1 Å². The summed E-state index contributed by atoms with van der Waals surface area (Å²) >= 11 is 5.88. The number of hydrogen-bond donors (Lipinski definition) is 1. The van der Waals surface area contributed by atoms with Gasteiger partial charge in [-0.1, -0.05) is 23.7 Å². The number of barbiturate groups is 1. The molecule has 1 aliphatic rings. The predicted molar refractivity (Wildman–Crippen MR) is 131 cm³/mol. The smallest absolute Gasteiger partial charge is 0.335 e. The monoisotopic (exact) mass is 507 g/mol. The number of carbonyl (C=O) groups is 3. The highest BCUT2D eigenvalue weighted by Gasteiger charge is 2.36. The van der Waals surface area contributed by atoms with Crippen LogP contribution in [-0.4, -0.2) is 36.0 Å². The Hall–Kier alpha value is -4.70. The van der Waals surface area contributed by atoms with Crippen LogP contribution in [0.3, 0.4) is 0 Å². The zero-order valence-corrected chi connectivity index (χ0v) is 19.3. The van der Waals surface area contributed by atoms with Gasteiger partial charge in [0.1, 0.15) is 30.3 Å². The quantitative estimate of drug-likeness (QED) is 0.157. The molecule has 1 aliphatic heterocycles. The molecule has 0 aromatic heterocycles. The molecule has 36 heavy (non-hydrogen) atoms. The minimum atomic E-state index is -0.852. The molecule has 1 saturated heterocycles. The molecule has 11 heteroatoms. The van der Waals surface area contributed by atoms with Gasteiger partial charge in [-0.3, -0.25) is 25.0 Å². The maximum Gasteiger partial charge on any atom is 0.335 e. The van der Waals surface area contributed by atoms with Crippen LogP contribution in [0.15, 0.2) is 78.4 Å². The van der Waals surface area contributed by atoms with E-state index >= 15 is 0 Å². The van der Waals surface area contributed by atoms with Crippen LogP contribution in [0.5, 0.6) is 11.5 Å². The van der Waals surface area contributed by atoms with Gasteiger partial charge in [-0.25, -0.2) is 9.69 Å². The molecule has 0 radical (unpaired) electrons. The largest absolute Gasteiger partial charge is 0.490 e. The molecule has 0 spiro atoms. The summed E-state index contributed by atoms with van der Waals surface area (Å²) < 4.78 is 11.2. The fourth-order valence-corrected chi connectivity index (χ4v) is 3.45. The van der Waals surface area contributed by atoms with E-state index in [-0.39, 0.29) is 30.2 Å². The van der Waals surface area contributed by atoms with Gasteiger partial charge in [0.05, 0.1) is 10.6 Å². The van der Waals surface area contributed by atoms with Crippen LogP contribution in [0.4, 0.5) is 16.2 Å². The molecule has 0 bridgehead atoms. The lowest BCUT2D eigenvalue weighted by Gasteiger charge is -2.26. The van der Waals surface area contributed by atoms with Crippen molar-refractivity contribution < 1.29 is 28.8 Å². The predicted octanol–water partition coefficient (Wildman–Crippen LogP) is 4.37. The van der Waals surface area contributed by atoms with Crippen LogP contribution in [0.1, 0.15) is 5.56 Å². The zero-order chi connectivity index (χ0) is 25.7. The molecule has 4 amide bonds. The molecule has 1 heterocycles. The Morgan fingerprint density at radius 2 is 1.58 bits per heavy atom. The van der Waals surface area contributed by atoms with Crippen LogP contribution in [-0.2, 0) is 9.59 Å². The molecule has 3 aromatic carbocycles. The maximum atomic E-state index is 13.0. The van der Waals surface area contributed by atoms with Crippen molar-refractivity contribution in [1.29, 1.82) is 0 Å². The minimum Gasteiger partial charge on any atom is -0.490 e. The summed E-state index contributed by atoms with van der Waals surface area (Å²) in [6, 6.07) is 17.6. The summed E-state index contributed by atoms with van der Waals surface area (Å²) in [5.41, 5.74) is 0.525. The number of benzene rings is 3. The van der Waals surface area contributed by atoms with E-state index in [4.69, 9.17) is 21.1 Å². The normalized spacial score (nSPS) is 14.5. The number of amides is 4. The molecular weight excluding hydrogens is 490 g/mol. The summed E-state index contributed by atoms with van der Waals surface area (Å²) in [5, 5.41) is 13.3. The molecule has 182 valence electrons. The van der Waals surface area contributed by atoms with Gasteiger partial charge in [0.2, 0.25) is 0 Å². The highest BCUT2D eigenvalue weighted by Crippen LogP contribution is 2.24. The minimum absolute atomic E-state index is 0.0321. The van der Waals surface area contributed by atoms with Crippen molar-refractivity contribution in [3.8, 4) is 11.5 Å². The molecule has 3 aromatic rings. The second kappa shape index (κ2) is 10.7. The maximum absolute atomic E-state index is 13.0. The Kier molecular flexibility index (Phi) is 7.26. The average molecular weight is 508 g/mol. The number of urea groups is 1. The third-order valence-electron chi connectivity index (χ3n) is 5.02. The Balaban J connectivity index is 1.41. The van der Waals surface area contributed by atoms with Crippen LogP contribution in [0.25, 0.3) is 6.08 Å². The molecular formula is C25H18ClN3O7. The van der Waals surface area contributed by atoms with E-state index in [9.17, 15) is 24.5 Å². The number of nitrogens with one attached hydrogen (secondary N) is 1. The first-order valence-electron chi connectivity index (χ1n) is 10.6. The van der Waals surface area contributed by atoms with Crippen molar-refractivity contribution in [2.75, 3.05) is 18.1 Å². The third kappa shape index (κ3) is 5.68. The van der Waals surface area contributed by atoms with Crippen molar-refractivity contribution in [1.82, 2.24) is 5.32 Å². The standard InChI is InChI=1S/C25H18ClN3O7/c26-17-4-6-18(7-5-17)28-24(31)22(23(30)27-25(28)32)15-16-2-1-3-21(14-16)36-13-12-35-20-10-8-19(9-11-20)29(33)34/h1-11,14-15H,12-13H2,(H,27,30,32). The number of nitrogens with zero attached hydrogens (tertiary/aromatic N) is 2.